The molecule has 0 bridgehead atoms. The summed E-state index contributed by atoms with van der Waals surface area (Å²) in [6.45, 7) is 3.24. The van der Waals surface area contributed by atoms with Crippen LogP contribution >= 0.6 is 0 Å². The zero-order valence-corrected chi connectivity index (χ0v) is 20.9. The molecular weight excluding hydrogens is 468 g/mol. The SMILES string of the molecule is CC(=O)N[C@@H](C)COC1CCC(Oc2nc3c(-c4ccccc4)cc(OCC(F)F)cc3n2C)CC1. The molecule has 1 N–H and O–H groups in total. The molecule has 1 heterocycles. The van der Waals surface area contributed by atoms with Gasteiger partial charge in [0.15, 0.2) is 0 Å². The number of benzene rings is 2. The molecule has 0 saturated heterocycles. The van der Waals surface area contributed by atoms with E-state index in [1.54, 1.807) is 12.1 Å². The first-order valence-electron chi connectivity index (χ1n) is 12.3. The minimum absolute atomic E-state index is 0.00265. The van der Waals surface area contributed by atoms with Gasteiger partial charge >= 0.3 is 0 Å². The fraction of sp³-hybridized carbons (Fsp3) is 0.481. The summed E-state index contributed by atoms with van der Waals surface area (Å²) < 4.78 is 45.0. The number of imidazole rings is 1. The van der Waals surface area contributed by atoms with Crippen LogP contribution in [-0.4, -0.2) is 53.3 Å². The monoisotopic (exact) mass is 501 g/mol. The highest BCUT2D eigenvalue weighted by Crippen LogP contribution is 2.35. The molecule has 1 aliphatic carbocycles. The summed E-state index contributed by atoms with van der Waals surface area (Å²) in [7, 11) is 1.86. The summed E-state index contributed by atoms with van der Waals surface area (Å²) in [5, 5.41) is 2.83. The number of alkyl halides is 2. The maximum absolute atomic E-state index is 12.8. The number of fused-ring (bicyclic) bond motifs is 1. The summed E-state index contributed by atoms with van der Waals surface area (Å²) in [4.78, 5) is 16.0. The van der Waals surface area contributed by atoms with Crippen LogP contribution in [0.3, 0.4) is 0 Å². The Balaban J connectivity index is 1.47. The number of amides is 1. The van der Waals surface area contributed by atoms with Crippen molar-refractivity contribution in [1.82, 2.24) is 14.9 Å². The van der Waals surface area contributed by atoms with Gasteiger partial charge in [-0.15, -0.1) is 0 Å². The van der Waals surface area contributed by atoms with Crippen molar-refractivity contribution in [3.05, 3.63) is 42.5 Å². The molecule has 0 aliphatic heterocycles. The van der Waals surface area contributed by atoms with E-state index < -0.39 is 13.0 Å². The van der Waals surface area contributed by atoms with E-state index in [9.17, 15) is 13.6 Å². The van der Waals surface area contributed by atoms with Crippen molar-refractivity contribution < 1.29 is 27.8 Å². The van der Waals surface area contributed by atoms with Crippen LogP contribution in [-0.2, 0) is 16.6 Å². The van der Waals surface area contributed by atoms with Gasteiger partial charge in [0, 0.05) is 31.6 Å². The standard InChI is InChI=1S/C27H33F2N3O4/c1-17(30-18(2)33)15-34-20-9-11-21(12-10-20)36-27-31-26-23(19-7-5-4-6-8-19)13-22(35-16-25(28)29)14-24(26)32(27)3/h4-8,13-14,17,20-21,25H,9-12,15-16H2,1-3H3,(H,30,33)/t17-,20?,21?/m0/s1. The molecule has 1 fully saturated rings. The third kappa shape index (κ3) is 6.51. The first-order chi connectivity index (χ1) is 17.3. The Morgan fingerprint density at radius 2 is 1.81 bits per heavy atom. The quantitative estimate of drug-likeness (QED) is 0.418. The number of nitrogens with one attached hydrogen (secondary N) is 1. The van der Waals surface area contributed by atoms with Crippen LogP contribution in [0.4, 0.5) is 8.78 Å². The number of rotatable bonds is 10. The van der Waals surface area contributed by atoms with Crippen LogP contribution in [0.1, 0.15) is 39.5 Å². The molecule has 1 saturated carbocycles. The van der Waals surface area contributed by atoms with Gasteiger partial charge in [0.25, 0.3) is 12.4 Å². The molecule has 1 aromatic heterocycles. The normalized spacial score (nSPS) is 18.8. The molecule has 9 heteroatoms. The van der Waals surface area contributed by atoms with Crippen molar-refractivity contribution in [3.63, 3.8) is 0 Å². The molecule has 194 valence electrons. The Bertz CT molecular complexity index is 1160. The summed E-state index contributed by atoms with van der Waals surface area (Å²) in [5.41, 5.74) is 3.20. The number of carbonyl (C=O) groups is 1. The molecule has 0 radical (unpaired) electrons. The highest BCUT2D eigenvalue weighted by atomic mass is 19.3. The lowest BCUT2D eigenvalue weighted by Gasteiger charge is -2.29. The van der Waals surface area contributed by atoms with E-state index in [-0.39, 0.29) is 24.2 Å². The van der Waals surface area contributed by atoms with Crippen molar-refractivity contribution in [2.45, 2.75) is 64.2 Å². The van der Waals surface area contributed by atoms with Crippen LogP contribution in [0.15, 0.2) is 42.5 Å². The minimum atomic E-state index is -2.56. The molecule has 36 heavy (non-hydrogen) atoms. The average molecular weight is 502 g/mol. The first kappa shape index (κ1) is 25.9. The van der Waals surface area contributed by atoms with Gasteiger partial charge in [0.2, 0.25) is 5.91 Å². The highest BCUT2D eigenvalue weighted by Gasteiger charge is 2.26. The number of aryl methyl sites for hydroxylation is 1. The Labute approximate surface area is 209 Å². The van der Waals surface area contributed by atoms with E-state index in [1.165, 1.54) is 6.92 Å². The summed E-state index contributed by atoms with van der Waals surface area (Å²) in [6, 6.07) is 13.6. The molecule has 4 rings (SSSR count). The molecule has 0 unspecified atom stereocenters. The van der Waals surface area contributed by atoms with Crippen LogP contribution in [0.2, 0.25) is 0 Å². The largest absolute Gasteiger partial charge is 0.488 e. The lowest BCUT2D eigenvalue weighted by Crippen LogP contribution is -2.37. The number of nitrogens with zero attached hydrogens (tertiary/aromatic N) is 2. The summed E-state index contributed by atoms with van der Waals surface area (Å²) in [5.74, 6) is 0.302. The van der Waals surface area contributed by atoms with Crippen molar-refractivity contribution in [2.75, 3.05) is 13.2 Å². The number of hydrogen-bond acceptors (Lipinski definition) is 5. The second-order valence-corrected chi connectivity index (χ2v) is 9.31. The number of hydrogen-bond donors (Lipinski definition) is 1. The van der Waals surface area contributed by atoms with Crippen LogP contribution in [0.5, 0.6) is 11.8 Å². The van der Waals surface area contributed by atoms with Crippen molar-refractivity contribution in [3.8, 4) is 22.9 Å². The fourth-order valence-corrected chi connectivity index (χ4v) is 4.56. The summed E-state index contributed by atoms with van der Waals surface area (Å²) in [6.07, 6.45) is 0.973. The number of aromatic nitrogens is 2. The van der Waals surface area contributed by atoms with Gasteiger partial charge in [-0.25, -0.2) is 8.78 Å². The second-order valence-electron chi connectivity index (χ2n) is 9.31. The van der Waals surface area contributed by atoms with E-state index >= 15 is 0 Å². The number of halogens is 2. The number of ether oxygens (including phenoxy) is 3. The molecule has 1 atom stereocenters. The third-order valence-electron chi connectivity index (χ3n) is 6.30. The Morgan fingerprint density at radius 3 is 2.47 bits per heavy atom. The molecular formula is C27H33F2N3O4. The highest BCUT2D eigenvalue weighted by molar-refractivity contribution is 5.94. The van der Waals surface area contributed by atoms with Crippen LogP contribution in [0.25, 0.3) is 22.2 Å². The Hall–Kier alpha value is -3.20. The van der Waals surface area contributed by atoms with Gasteiger partial charge in [-0.05, 0) is 44.2 Å². The van der Waals surface area contributed by atoms with Crippen LogP contribution < -0.4 is 14.8 Å². The average Bonchev–Trinajstić information content (AvgIpc) is 3.17. The van der Waals surface area contributed by atoms with Crippen molar-refractivity contribution in [1.29, 1.82) is 0 Å². The maximum Gasteiger partial charge on any atom is 0.297 e. The predicted octanol–water partition coefficient (Wildman–Crippen LogP) is 5.12. The molecule has 3 aromatic rings. The molecule has 7 nitrogen and oxygen atoms in total. The molecule has 1 aliphatic rings. The van der Waals surface area contributed by atoms with Gasteiger partial charge in [0.1, 0.15) is 24.0 Å². The van der Waals surface area contributed by atoms with Gasteiger partial charge in [-0.1, -0.05) is 30.3 Å². The Kier molecular flexibility index (Phi) is 8.40. The first-order valence-corrected chi connectivity index (χ1v) is 12.3. The van der Waals surface area contributed by atoms with Gasteiger partial charge in [-0.2, -0.15) is 4.98 Å². The molecule has 0 spiro atoms. The topological polar surface area (TPSA) is 74.6 Å². The van der Waals surface area contributed by atoms with Crippen molar-refractivity contribution >= 4 is 16.9 Å². The number of carbonyl (C=O) groups excluding carboxylic acids is 1. The van der Waals surface area contributed by atoms with Gasteiger partial charge in [-0.3, -0.25) is 9.36 Å². The summed E-state index contributed by atoms with van der Waals surface area (Å²) >= 11 is 0. The minimum Gasteiger partial charge on any atom is -0.488 e. The second kappa shape index (κ2) is 11.7. The molecule has 1 amide bonds. The van der Waals surface area contributed by atoms with Gasteiger partial charge < -0.3 is 19.5 Å². The predicted molar refractivity (Wildman–Crippen MR) is 134 cm³/mol. The third-order valence-corrected chi connectivity index (χ3v) is 6.30. The maximum atomic E-state index is 12.8. The van der Waals surface area contributed by atoms with E-state index in [0.717, 1.165) is 47.8 Å². The Morgan fingerprint density at radius 1 is 1.11 bits per heavy atom. The van der Waals surface area contributed by atoms with Gasteiger partial charge in [0.05, 0.1) is 18.2 Å². The zero-order chi connectivity index (χ0) is 25.7. The fourth-order valence-electron chi connectivity index (χ4n) is 4.56. The lowest BCUT2D eigenvalue weighted by atomic mass is 9.95. The van der Waals surface area contributed by atoms with Crippen LogP contribution in [0, 0.1) is 0 Å². The van der Waals surface area contributed by atoms with E-state index in [2.05, 4.69) is 5.32 Å². The van der Waals surface area contributed by atoms with E-state index in [4.69, 9.17) is 19.2 Å². The van der Waals surface area contributed by atoms with E-state index in [0.29, 0.717) is 18.4 Å². The molecule has 2 aromatic carbocycles. The lowest BCUT2D eigenvalue weighted by molar-refractivity contribution is -0.120. The van der Waals surface area contributed by atoms with Crippen molar-refractivity contribution in [2.24, 2.45) is 7.05 Å². The van der Waals surface area contributed by atoms with E-state index in [1.807, 2.05) is 48.9 Å². The zero-order valence-electron chi connectivity index (χ0n) is 20.9. The smallest absolute Gasteiger partial charge is 0.297 e.